The van der Waals surface area contributed by atoms with Gasteiger partial charge in [0, 0.05) is 0 Å². The number of rotatable bonds is 5. The molecular weight excluding hydrogens is 274 g/mol. The molecule has 0 saturated carbocycles. The highest BCUT2D eigenvalue weighted by Gasteiger charge is 2.15. The molecule has 0 amide bonds. The maximum absolute atomic E-state index is 12.3. The summed E-state index contributed by atoms with van der Waals surface area (Å²) in [4.78, 5) is 0.178. The van der Waals surface area contributed by atoms with Crippen molar-refractivity contribution in [3.05, 3.63) is 60.7 Å². The minimum absolute atomic E-state index is 0.178. The van der Waals surface area contributed by atoms with Crippen LogP contribution in [0.25, 0.3) is 6.08 Å². The molecule has 2 rings (SSSR count). The van der Waals surface area contributed by atoms with Gasteiger partial charge >= 0.3 is 0 Å². The van der Waals surface area contributed by atoms with Gasteiger partial charge in [-0.05, 0) is 35.9 Å². The van der Waals surface area contributed by atoms with E-state index in [-0.39, 0.29) is 4.90 Å². The molecule has 0 saturated heterocycles. The van der Waals surface area contributed by atoms with Crippen LogP contribution in [-0.4, -0.2) is 15.5 Å². The van der Waals surface area contributed by atoms with E-state index >= 15 is 0 Å². The van der Waals surface area contributed by atoms with Gasteiger partial charge in [0.2, 0.25) is 0 Å². The lowest BCUT2D eigenvalue weighted by atomic mass is 10.2. The van der Waals surface area contributed by atoms with E-state index in [2.05, 4.69) is 11.3 Å². The van der Waals surface area contributed by atoms with Crippen LogP contribution in [0, 0.1) is 0 Å². The summed E-state index contributed by atoms with van der Waals surface area (Å²) in [5.41, 5.74) is 1.22. The summed E-state index contributed by atoms with van der Waals surface area (Å²) in [7, 11) is -2.09. The molecule has 0 atom stereocenters. The molecule has 0 radical (unpaired) electrons. The Balaban J connectivity index is 2.33. The van der Waals surface area contributed by atoms with Gasteiger partial charge in [-0.25, -0.2) is 8.42 Å². The maximum atomic E-state index is 12.3. The van der Waals surface area contributed by atoms with Gasteiger partial charge in [0.25, 0.3) is 10.0 Å². The third kappa shape index (κ3) is 3.00. The molecule has 2 aromatic carbocycles. The van der Waals surface area contributed by atoms with Gasteiger partial charge in [-0.15, -0.1) is 0 Å². The van der Waals surface area contributed by atoms with Crippen molar-refractivity contribution in [2.24, 2.45) is 0 Å². The van der Waals surface area contributed by atoms with E-state index in [1.165, 1.54) is 19.2 Å². The van der Waals surface area contributed by atoms with Crippen LogP contribution in [0.3, 0.4) is 0 Å². The number of sulfonamides is 1. The average molecular weight is 289 g/mol. The van der Waals surface area contributed by atoms with Crippen molar-refractivity contribution >= 4 is 21.8 Å². The summed E-state index contributed by atoms with van der Waals surface area (Å²) in [6.45, 7) is 3.67. The smallest absolute Gasteiger partial charge is 0.261 e. The standard InChI is InChI=1S/C15H15NO3S/c1-3-12-6-4-5-7-15(12)16-20(17,18)14-10-8-13(19-2)9-11-14/h3-11,16H,1H2,2H3. The van der Waals surface area contributed by atoms with Gasteiger partial charge in [0.15, 0.2) is 0 Å². The summed E-state index contributed by atoms with van der Waals surface area (Å²) in [6, 6.07) is 13.3. The topological polar surface area (TPSA) is 55.4 Å². The maximum Gasteiger partial charge on any atom is 0.261 e. The number of anilines is 1. The number of hydrogen-bond acceptors (Lipinski definition) is 3. The van der Waals surface area contributed by atoms with E-state index in [1.54, 1.807) is 36.4 Å². The first kappa shape index (κ1) is 14.1. The Morgan fingerprint density at radius 3 is 2.35 bits per heavy atom. The third-order valence-corrected chi connectivity index (χ3v) is 4.18. The van der Waals surface area contributed by atoms with Gasteiger partial charge in [-0.2, -0.15) is 0 Å². The predicted octanol–water partition coefficient (Wildman–Crippen LogP) is 3.14. The van der Waals surface area contributed by atoms with Crippen LogP contribution in [0.2, 0.25) is 0 Å². The molecule has 0 bridgehead atoms. The number of benzene rings is 2. The Morgan fingerprint density at radius 2 is 1.75 bits per heavy atom. The molecule has 0 heterocycles. The van der Waals surface area contributed by atoms with Crippen LogP contribution in [0.1, 0.15) is 5.56 Å². The van der Waals surface area contributed by atoms with E-state index < -0.39 is 10.0 Å². The fraction of sp³-hybridized carbons (Fsp3) is 0.0667. The minimum atomic E-state index is -3.62. The second-order valence-corrected chi connectivity index (χ2v) is 5.75. The lowest BCUT2D eigenvalue weighted by Crippen LogP contribution is -2.13. The molecule has 1 N–H and O–H groups in total. The van der Waals surface area contributed by atoms with E-state index in [4.69, 9.17) is 4.74 Å². The molecule has 20 heavy (non-hydrogen) atoms. The first-order valence-electron chi connectivity index (χ1n) is 5.95. The summed E-state index contributed by atoms with van der Waals surface area (Å²) < 4.78 is 32.1. The summed E-state index contributed by atoms with van der Waals surface area (Å²) in [6.07, 6.45) is 1.60. The molecule has 0 spiro atoms. The molecule has 0 aliphatic carbocycles. The average Bonchev–Trinajstić information content (AvgIpc) is 2.47. The minimum Gasteiger partial charge on any atom is -0.497 e. The molecule has 0 aromatic heterocycles. The third-order valence-electron chi connectivity index (χ3n) is 2.79. The zero-order chi connectivity index (χ0) is 14.6. The number of ether oxygens (including phenoxy) is 1. The number of nitrogens with one attached hydrogen (secondary N) is 1. The fourth-order valence-corrected chi connectivity index (χ4v) is 2.81. The van der Waals surface area contributed by atoms with Crippen molar-refractivity contribution in [2.75, 3.05) is 11.8 Å². The molecule has 0 aliphatic rings. The molecule has 0 fully saturated rings. The number of methoxy groups -OCH3 is 1. The first-order valence-corrected chi connectivity index (χ1v) is 7.43. The Hall–Kier alpha value is -2.27. The van der Waals surface area contributed by atoms with Gasteiger partial charge in [0.1, 0.15) is 5.75 Å². The zero-order valence-corrected chi connectivity index (χ0v) is 11.9. The van der Waals surface area contributed by atoms with Gasteiger partial charge in [0.05, 0.1) is 17.7 Å². The first-order chi connectivity index (χ1) is 9.56. The van der Waals surface area contributed by atoms with Crippen molar-refractivity contribution in [3.8, 4) is 5.75 Å². The highest BCUT2D eigenvalue weighted by Crippen LogP contribution is 2.22. The van der Waals surface area contributed by atoms with Crippen LogP contribution >= 0.6 is 0 Å². The fourth-order valence-electron chi connectivity index (χ4n) is 1.73. The quantitative estimate of drug-likeness (QED) is 0.920. The lowest BCUT2D eigenvalue weighted by Gasteiger charge is -2.11. The number of hydrogen-bond donors (Lipinski definition) is 1. The highest BCUT2D eigenvalue weighted by atomic mass is 32.2. The normalized spacial score (nSPS) is 10.8. The molecule has 4 nitrogen and oxygen atoms in total. The van der Waals surface area contributed by atoms with Crippen molar-refractivity contribution < 1.29 is 13.2 Å². The van der Waals surface area contributed by atoms with Gasteiger partial charge < -0.3 is 4.74 Å². The van der Waals surface area contributed by atoms with E-state index in [0.717, 1.165) is 5.56 Å². The summed E-state index contributed by atoms with van der Waals surface area (Å²) >= 11 is 0. The SMILES string of the molecule is C=Cc1ccccc1NS(=O)(=O)c1ccc(OC)cc1. The lowest BCUT2D eigenvalue weighted by molar-refractivity contribution is 0.414. The molecule has 0 unspecified atom stereocenters. The molecule has 0 aliphatic heterocycles. The van der Waals surface area contributed by atoms with Crippen molar-refractivity contribution in [2.45, 2.75) is 4.90 Å². The summed E-state index contributed by atoms with van der Waals surface area (Å²) in [5.74, 6) is 0.607. The van der Waals surface area contributed by atoms with Crippen molar-refractivity contribution in [1.82, 2.24) is 0 Å². The van der Waals surface area contributed by atoms with Crippen LogP contribution in [0.4, 0.5) is 5.69 Å². The van der Waals surface area contributed by atoms with E-state index in [1.807, 2.05) is 6.07 Å². The Bertz CT molecular complexity index is 706. The van der Waals surface area contributed by atoms with Gasteiger partial charge in [-0.1, -0.05) is 30.9 Å². The molecule has 104 valence electrons. The van der Waals surface area contributed by atoms with Crippen LogP contribution in [0.15, 0.2) is 60.0 Å². The number of para-hydroxylation sites is 1. The summed E-state index contributed by atoms with van der Waals surface area (Å²) in [5, 5.41) is 0. The second-order valence-electron chi connectivity index (χ2n) is 4.07. The van der Waals surface area contributed by atoms with E-state index in [0.29, 0.717) is 11.4 Å². The van der Waals surface area contributed by atoms with Crippen LogP contribution in [-0.2, 0) is 10.0 Å². The largest absolute Gasteiger partial charge is 0.497 e. The highest BCUT2D eigenvalue weighted by molar-refractivity contribution is 7.92. The van der Waals surface area contributed by atoms with Crippen LogP contribution in [0.5, 0.6) is 5.75 Å². The Labute approximate surface area is 118 Å². The monoisotopic (exact) mass is 289 g/mol. The predicted molar refractivity (Wildman–Crippen MR) is 80.3 cm³/mol. The van der Waals surface area contributed by atoms with Crippen molar-refractivity contribution in [1.29, 1.82) is 0 Å². The molecular formula is C15H15NO3S. The van der Waals surface area contributed by atoms with Gasteiger partial charge in [-0.3, -0.25) is 4.72 Å². The Kier molecular flexibility index (Phi) is 4.10. The zero-order valence-electron chi connectivity index (χ0n) is 11.0. The second kappa shape index (κ2) is 5.79. The Morgan fingerprint density at radius 1 is 1.10 bits per heavy atom. The van der Waals surface area contributed by atoms with E-state index in [9.17, 15) is 8.42 Å². The molecule has 2 aromatic rings. The van der Waals surface area contributed by atoms with Crippen molar-refractivity contribution in [3.63, 3.8) is 0 Å². The van der Waals surface area contributed by atoms with Crippen LogP contribution < -0.4 is 9.46 Å². The molecule has 5 heteroatoms.